The van der Waals surface area contributed by atoms with Crippen molar-refractivity contribution in [3.8, 4) is 0 Å². The van der Waals surface area contributed by atoms with Gasteiger partial charge in [-0.05, 0) is 18.6 Å². The molecule has 0 amide bonds. The second kappa shape index (κ2) is 4.55. The van der Waals surface area contributed by atoms with Crippen molar-refractivity contribution in [1.29, 1.82) is 0 Å². The molecule has 0 spiro atoms. The Morgan fingerprint density at radius 1 is 1.57 bits per heavy atom. The lowest BCUT2D eigenvalue weighted by atomic mass is 10.3. The van der Waals surface area contributed by atoms with E-state index in [1.54, 1.807) is 0 Å². The first-order valence-corrected chi connectivity index (χ1v) is 4.15. The van der Waals surface area contributed by atoms with E-state index >= 15 is 0 Å². The van der Waals surface area contributed by atoms with E-state index in [2.05, 4.69) is 0 Å². The van der Waals surface area contributed by atoms with Gasteiger partial charge in [0, 0.05) is 12.7 Å². The molecule has 0 fully saturated rings. The molecule has 1 heterocycles. The van der Waals surface area contributed by atoms with Crippen LogP contribution in [0.5, 0.6) is 0 Å². The highest BCUT2D eigenvalue weighted by atomic mass is 19.1. The Labute approximate surface area is 79.6 Å². The zero-order valence-electron chi connectivity index (χ0n) is 7.44. The van der Waals surface area contributed by atoms with Crippen molar-refractivity contribution < 1.29 is 14.3 Å². The summed E-state index contributed by atoms with van der Waals surface area (Å²) < 4.78 is 13.0. The molecule has 1 N–H and O–H groups in total. The van der Waals surface area contributed by atoms with Crippen LogP contribution >= 0.6 is 0 Å². The van der Waals surface area contributed by atoms with Crippen molar-refractivity contribution in [2.45, 2.75) is 13.0 Å². The third-order valence-corrected chi connectivity index (χ3v) is 1.78. The zero-order valence-corrected chi connectivity index (χ0v) is 7.44. The summed E-state index contributed by atoms with van der Waals surface area (Å²) in [7, 11) is 0. The van der Waals surface area contributed by atoms with Crippen molar-refractivity contribution in [2.24, 2.45) is 0 Å². The first-order valence-electron chi connectivity index (χ1n) is 4.15. The highest BCUT2D eigenvalue weighted by molar-refractivity contribution is 5.86. The van der Waals surface area contributed by atoms with Crippen LogP contribution in [0.2, 0.25) is 0 Å². The molecule has 1 aromatic rings. The standard InChI is InChI=1S/C9H10FNO3/c10-4-2-6-11-5-1-3-7(8(11)12)9(13)14/h1,3,5H,2,4,6H2,(H,13,14). The van der Waals surface area contributed by atoms with Gasteiger partial charge in [-0.3, -0.25) is 9.18 Å². The SMILES string of the molecule is O=C(O)c1cccn(CCCF)c1=O. The van der Waals surface area contributed by atoms with Crippen LogP contribution in [0.1, 0.15) is 16.8 Å². The Balaban J connectivity index is 3.02. The van der Waals surface area contributed by atoms with Crippen LogP contribution in [-0.4, -0.2) is 22.3 Å². The highest BCUT2D eigenvalue weighted by Crippen LogP contribution is 1.93. The molecule has 0 saturated carbocycles. The van der Waals surface area contributed by atoms with Crippen molar-refractivity contribution >= 4 is 5.97 Å². The molecule has 1 aromatic heterocycles. The molecule has 0 bridgehead atoms. The number of carbonyl (C=O) groups is 1. The van der Waals surface area contributed by atoms with Gasteiger partial charge in [0.25, 0.3) is 5.56 Å². The number of aromatic carboxylic acids is 1. The third-order valence-electron chi connectivity index (χ3n) is 1.78. The van der Waals surface area contributed by atoms with E-state index in [-0.39, 0.29) is 18.5 Å². The molecule has 14 heavy (non-hydrogen) atoms. The second-order valence-corrected chi connectivity index (χ2v) is 2.77. The molecule has 4 nitrogen and oxygen atoms in total. The molecule has 1 rings (SSSR count). The number of nitrogens with zero attached hydrogens (tertiary/aromatic N) is 1. The molecule has 76 valence electrons. The summed E-state index contributed by atoms with van der Waals surface area (Å²) in [6.45, 7) is -0.319. The minimum Gasteiger partial charge on any atom is -0.477 e. The van der Waals surface area contributed by atoms with Gasteiger partial charge < -0.3 is 9.67 Å². The quantitative estimate of drug-likeness (QED) is 0.783. The van der Waals surface area contributed by atoms with Crippen molar-refractivity contribution in [1.82, 2.24) is 4.57 Å². The summed E-state index contributed by atoms with van der Waals surface area (Å²) in [5.41, 5.74) is -0.875. The first kappa shape index (κ1) is 10.4. The number of aromatic nitrogens is 1. The summed E-state index contributed by atoms with van der Waals surface area (Å²) in [4.78, 5) is 21.9. The van der Waals surface area contributed by atoms with E-state index < -0.39 is 18.2 Å². The summed E-state index contributed by atoms with van der Waals surface area (Å²) in [5.74, 6) is -1.26. The van der Waals surface area contributed by atoms with Gasteiger partial charge in [0.2, 0.25) is 0 Å². The molecule has 0 aliphatic heterocycles. The van der Waals surface area contributed by atoms with Crippen LogP contribution in [0.3, 0.4) is 0 Å². The van der Waals surface area contributed by atoms with E-state index in [1.165, 1.54) is 22.9 Å². The largest absolute Gasteiger partial charge is 0.477 e. The average molecular weight is 199 g/mol. The highest BCUT2D eigenvalue weighted by Gasteiger charge is 2.09. The number of halogens is 1. The van der Waals surface area contributed by atoms with Gasteiger partial charge >= 0.3 is 5.97 Å². The van der Waals surface area contributed by atoms with Gasteiger partial charge in [-0.2, -0.15) is 0 Å². The minimum atomic E-state index is -1.26. The molecule has 0 aromatic carbocycles. The molecule has 5 heteroatoms. The number of alkyl halides is 1. The van der Waals surface area contributed by atoms with Crippen LogP contribution < -0.4 is 5.56 Å². The van der Waals surface area contributed by atoms with E-state index in [1.807, 2.05) is 0 Å². The van der Waals surface area contributed by atoms with Gasteiger partial charge in [0.1, 0.15) is 5.56 Å². The predicted octanol–water partition coefficient (Wildman–Crippen LogP) is 0.906. The molecule has 0 radical (unpaired) electrons. The topological polar surface area (TPSA) is 59.3 Å². The van der Waals surface area contributed by atoms with Crippen LogP contribution in [0, 0.1) is 0 Å². The Morgan fingerprint density at radius 3 is 2.86 bits per heavy atom. The maximum absolute atomic E-state index is 11.8. The molecule has 0 unspecified atom stereocenters. The average Bonchev–Trinajstić information content (AvgIpc) is 2.16. The Morgan fingerprint density at radius 2 is 2.29 bits per heavy atom. The number of carboxylic acids is 1. The second-order valence-electron chi connectivity index (χ2n) is 2.77. The number of hydrogen-bond donors (Lipinski definition) is 1. The van der Waals surface area contributed by atoms with E-state index in [9.17, 15) is 14.0 Å². The molecule has 0 saturated heterocycles. The number of aryl methyl sites for hydroxylation is 1. The van der Waals surface area contributed by atoms with Crippen LogP contribution in [0.4, 0.5) is 4.39 Å². The maximum Gasteiger partial charge on any atom is 0.341 e. The minimum absolute atomic E-state index is 0.205. The number of carboxylic acid groups (broad SMARTS) is 1. The van der Waals surface area contributed by atoms with Gasteiger partial charge in [0.15, 0.2) is 0 Å². The lowest BCUT2D eigenvalue weighted by molar-refractivity contribution is 0.0694. The van der Waals surface area contributed by atoms with Gasteiger partial charge in [-0.15, -0.1) is 0 Å². The molecular formula is C9H10FNO3. The van der Waals surface area contributed by atoms with Gasteiger partial charge in [-0.1, -0.05) is 0 Å². The summed E-state index contributed by atoms with van der Waals surface area (Å²) in [6, 6.07) is 2.69. The van der Waals surface area contributed by atoms with Crippen molar-refractivity contribution in [3.63, 3.8) is 0 Å². The predicted molar refractivity (Wildman–Crippen MR) is 48.3 cm³/mol. The van der Waals surface area contributed by atoms with E-state index in [0.717, 1.165) is 0 Å². The van der Waals surface area contributed by atoms with Crippen LogP contribution in [0.15, 0.2) is 23.1 Å². The Bertz CT molecular complexity index is 386. The molecule has 0 aliphatic rings. The maximum atomic E-state index is 11.8. The third kappa shape index (κ3) is 2.18. The number of rotatable bonds is 4. The summed E-state index contributed by atoms with van der Waals surface area (Å²) in [5, 5.41) is 8.63. The lowest BCUT2D eigenvalue weighted by Gasteiger charge is -2.03. The fraction of sp³-hybridized carbons (Fsp3) is 0.333. The molecular weight excluding hydrogens is 189 g/mol. The fourth-order valence-corrected chi connectivity index (χ4v) is 1.11. The first-order chi connectivity index (χ1) is 6.66. The van der Waals surface area contributed by atoms with Crippen LogP contribution in [-0.2, 0) is 6.54 Å². The summed E-state index contributed by atoms with van der Waals surface area (Å²) in [6.07, 6.45) is 1.66. The normalized spacial score (nSPS) is 10.1. The molecule has 0 atom stereocenters. The van der Waals surface area contributed by atoms with Crippen molar-refractivity contribution in [3.05, 3.63) is 34.2 Å². The molecule has 0 aliphatic carbocycles. The van der Waals surface area contributed by atoms with E-state index in [0.29, 0.717) is 0 Å². The number of hydrogen-bond acceptors (Lipinski definition) is 2. The van der Waals surface area contributed by atoms with Crippen LogP contribution in [0.25, 0.3) is 0 Å². The van der Waals surface area contributed by atoms with Gasteiger partial charge in [0.05, 0.1) is 6.67 Å². The number of pyridine rings is 1. The fourth-order valence-electron chi connectivity index (χ4n) is 1.11. The monoisotopic (exact) mass is 199 g/mol. The van der Waals surface area contributed by atoms with Gasteiger partial charge in [-0.25, -0.2) is 4.79 Å². The smallest absolute Gasteiger partial charge is 0.341 e. The van der Waals surface area contributed by atoms with Crippen molar-refractivity contribution in [2.75, 3.05) is 6.67 Å². The van der Waals surface area contributed by atoms with E-state index in [4.69, 9.17) is 5.11 Å². The Hall–Kier alpha value is -1.65. The lowest BCUT2D eigenvalue weighted by Crippen LogP contribution is -2.25. The Kier molecular flexibility index (Phi) is 3.39. The zero-order chi connectivity index (χ0) is 10.6. The summed E-state index contributed by atoms with van der Waals surface area (Å²) >= 11 is 0.